The zero-order valence-electron chi connectivity index (χ0n) is 11.6. The number of rotatable bonds is 4. The van der Waals surface area contributed by atoms with Crippen molar-refractivity contribution in [2.45, 2.75) is 19.9 Å². The third-order valence-corrected chi connectivity index (χ3v) is 3.18. The summed E-state index contributed by atoms with van der Waals surface area (Å²) in [6, 6.07) is 11.0. The zero-order chi connectivity index (χ0) is 14.5. The molecule has 0 aliphatic rings. The number of carbonyl (C=O) groups excluding carboxylic acids is 1. The van der Waals surface area contributed by atoms with E-state index in [9.17, 15) is 9.59 Å². The maximum absolute atomic E-state index is 12.2. The molecule has 104 valence electrons. The van der Waals surface area contributed by atoms with Crippen molar-refractivity contribution >= 4 is 5.91 Å². The van der Waals surface area contributed by atoms with E-state index in [0.717, 1.165) is 5.56 Å². The Morgan fingerprint density at radius 3 is 2.45 bits per heavy atom. The fourth-order valence-electron chi connectivity index (χ4n) is 2.11. The topological polar surface area (TPSA) is 62.0 Å². The van der Waals surface area contributed by atoms with Crippen molar-refractivity contribution in [2.24, 2.45) is 5.92 Å². The first-order chi connectivity index (χ1) is 9.59. The summed E-state index contributed by atoms with van der Waals surface area (Å²) in [5.41, 5.74) is 0.883. The second-order valence-electron chi connectivity index (χ2n) is 5.03. The van der Waals surface area contributed by atoms with Crippen molar-refractivity contribution in [1.29, 1.82) is 0 Å². The Labute approximate surface area is 117 Å². The lowest BCUT2D eigenvalue weighted by atomic mass is 9.96. The van der Waals surface area contributed by atoms with Crippen LogP contribution in [0.1, 0.15) is 35.8 Å². The van der Waals surface area contributed by atoms with Crippen LogP contribution in [0.5, 0.6) is 0 Å². The molecule has 0 spiro atoms. The number of hydrogen-bond donors (Lipinski definition) is 2. The van der Waals surface area contributed by atoms with Crippen molar-refractivity contribution in [3.8, 4) is 0 Å². The maximum atomic E-state index is 12.2. The number of pyridine rings is 1. The van der Waals surface area contributed by atoms with Gasteiger partial charge < -0.3 is 10.3 Å². The summed E-state index contributed by atoms with van der Waals surface area (Å²) >= 11 is 0. The lowest BCUT2D eigenvalue weighted by molar-refractivity contribution is 0.0924. The van der Waals surface area contributed by atoms with Crippen LogP contribution >= 0.6 is 0 Å². The molecule has 0 saturated heterocycles. The lowest BCUT2D eigenvalue weighted by Crippen LogP contribution is -2.34. The Hall–Kier alpha value is -2.36. The van der Waals surface area contributed by atoms with Crippen molar-refractivity contribution in [3.63, 3.8) is 0 Å². The molecule has 20 heavy (non-hydrogen) atoms. The Morgan fingerprint density at radius 2 is 1.85 bits per heavy atom. The molecule has 1 atom stereocenters. The second-order valence-corrected chi connectivity index (χ2v) is 5.03. The van der Waals surface area contributed by atoms with Gasteiger partial charge in [0.1, 0.15) is 5.56 Å². The number of hydrogen-bond acceptors (Lipinski definition) is 2. The summed E-state index contributed by atoms with van der Waals surface area (Å²) in [6.07, 6.45) is 2.94. The summed E-state index contributed by atoms with van der Waals surface area (Å²) in [4.78, 5) is 26.7. The number of benzene rings is 1. The van der Waals surface area contributed by atoms with Crippen LogP contribution in [-0.4, -0.2) is 10.9 Å². The molecule has 0 saturated carbocycles. The van der Waals surface area contributed by atoms with Gasteiger partial charge in [-0.2, -0.15) is 0 Å². The normalized spacial score (nSPS) is 12.2. The van der Waals surface area contributed by atoms with E-state index in [4.69, 9.17) is 0 Å². The Bertz CT molecular complexity index is 632. The predicted octanol–water partition coefficient (Wildman–Crippen LogP) is 2.50. The molecule has 1 heterocycles. The Kier molecular flexibility index (Phi) is 4.35. The third kappa shape index (κ3) is 3.15. The maximum Gasteiger partial charge on any atom is 0.257 e. The fourth-order valence-corrected chi connectivity index (χ4v) is 2.11. The van der Waals surface area contributed by atoms with Crippen LogP contribution in [0.25, 0.3) is 0 Å². The summed E-state index contributed by atoms with van der Waals surface area (Å²) in [5.74, 6) is -0.126. The standard InChI is InChI=1S/C16H18N2O2/c1-11(2)15(12-6-4-3-5-7-12)18-16(20)13-10-17-9-8-14(13)19/h3-11,15H,1-2H3,(H,17,19)(H,18,20). The molecular weight excluding hydrogens is 252 g/mol. The van der Waals surface area contributed by atoms with Gasteiger partial charge in [0.05, 0.1) is 6.04 Å². The highest BCUT2D eigenvalue weighted by molar-refractivity contribution is 5.94. The molecule has 1 aromatic heterocycles. The highest BCUT2D eigenvalue weighted by atomic mass is 16.2. The number of amides is 1. The number of aromatic amines is 1. The quantitative estimate of drug-likeness (QED) is 0.896. The lowest BCUT2D eigenvalue weighted by Gasteiger charge is -2.22. The van der Waals surface area contributed by atoms with Gasteiger partial charge in [0.2, 0.25) is 0 Å². The molecule has 0 fully saturated rings. The van der Waals surface area contributed by atoms with E-state index in [-0.39, 0.29) is 28.9 Å². The number of carbonyl (C=O) groups is 1. The molecule has 1 amide bonds. The van der Waals surface area contributed by atoms with E-state index in [1.807, 2.05) is 44.2 Å². The van der Waals surface area contributed by atoms with Crippen molar-refractivity contribution in [3.05, 3.63) is 70.1 Å². The van der Waals surface area contributed by atoms with Crippen molar-refractivity contribution < 1.29 is 4.79 Å². The SMILES string of the molecule is CC(C)C(NC(=O)c1c[nH]ccc1=O)c1ccccc1. The zero-order valence-corrected chi connectivity index (χ0v) is 11.6. The number of aromatic nitrogens is 1. The fraction of sp³-hybridized carbons (Fsp3) is 0.250. The molecule has 1 aromatic carbocycles. The van der Waals surface area contributed by atoms with E-state index in [2.05, 4.69) is 10.3 Å². The minimum absolute atomic E-state index is 0.122. The predicted molar refractivity (Wildman–Crippen MR) is 78.5 cm³/mol. The molecule has 1 unspecified atom stereocenters. The molecule has 0 radical (unpaired) electrons. The van der Waals surface area contributed by atoms with E-state index in [0.29, 0.717) is 0 Å². The van der Waals surface area contributed by atoms with Crippen LogP contribution in [0.15, 0.2) is 53.6 Å². The van der Waals surface area contributed by atoms with Gasteiger partial charge in [-0.25, -0.2) is 0 Å². The Balaban J connectivity index is 2.24. The van der Waals surface area contributed by atoms with Crippen LogP contribution in [0.2, 0.25) is 0 Å². The van der Waals surface area contributed by atoms with Gasteiger partial charge in [-0.05, 0) is 11.5 Å². The van der Waals surface area contributed by atoms with Gasteiger partial charge in [0.25, 0.3) is 5.91 Å². The van der Waals surface area contributed by atoms with E-state index in [1.165, 1.54) is 18.5 Å². The molecule has 0 aliphatic heterocycles. The van der Waals surface area contributed by atoms with Gasteiger partial charge in [-0.3, -0.25) is 9.59 Å². The minimum atomic E-state index is -0.352. The second kappa shape index (κ2) is 6.19. The summed E-state index contributed by atoms with van der Waals surface area (Å²) in [7, 11) is 0. The molecule has 0 aliphatic carbocycles. The van der Waals surface area contributed by atoms with Crippen LogP contribution < -0.4 is 10.7 Å². The summed E-state index contributed by atoms with van der Waals surface area (Å²) in [6.45, 7) is 4.07. The van der Waals surface area contributed by atoms with Crippen molar-refractivity contribution in [2.75, 3.05) is 0 Å². The number of nitrogens with one attached hydrogen (secondary N) is 2. The first-order valence-electron chi connectivity index (χ1n) is 6.62. The van der Waals surface area contributed by atoms with Crippen LogP contribution in [0.4, 0.5) is 0 Å². The largest absolute Gasteiger partial charge is 0.367 e. The van der Waals surface area contributed by atoms with Crippen LogP contribution in [-0.2, 0) is 0 Å². The highest BCUT2D eigenvalue weighted by Crippen LogP contribution is 2.21. The monoisotopic (exact) mass is 270 g/mol. The summed E-state index contributed by atoms with van der Waals surface area (Å²) in [5, 5.41) is 2.93. The van der Waals surface area contributed by atoms with Gasteiger partial charge in [-0.15, -0.1) is 0 Å². The molecule has 4 heteroatoms. The van der Waals surface area contributed by atoms with Crippen molar-refractivity contribution in [1.82, 2.24) is 10.3 Å². The molecule has 2 N–H and O–H groups in total. The minimum Gasteiger partial charge on any atom is -0.367 e. The first-order valence-corrected chi connectivity index (χ1v) is 6.62. The van der Waals surface area contributed by atoms with Gasteiger partial charge in [0, 0.05) is 18.5 Å². The average Bonchev–Trinajstić information content (AvgIpc) is 2.45. The molecule has 4 nitrogen and oxygen atoms in total. The van der Waals surface area contributed by atoms with E-state index >= 15 is 0 Å². The molecular formula is C16H18N2O2. The number of H-pyrrole nitrogens is 1. The molecule has 2 aromatic rings. The third-order valence-electron chi connectivity index (χ3n) is 3.18. The van der Waals surface area contributed by atoms with E-state index < -0.39 is 0 Å². The summed E-state index contributed by atoms with van der Waals surface area (Å²) < 4.78 is 0. The van der Waals surface area contributed by atoms with Gasteiger partial charge in [0.15, 0.2) is 5.43 Å². The molecule has 0 bridgehead atoms. The van der Waals surface area contributed by atoms with Gasteiger partial charge in [-0.1, -0.05) is 44.2 Å². The smallest absolute Gasteiger partial charge is 0.257 e. The van der Waals surface area contributed by atoms with E-state index in [1.54, 1.807) is 0 Å². The molecule has 2 rings (SSSR count). The van der Waals surface area contributed by atoms with Crippen LogP contribution in [0.3, 0.4) is 0 Å². The van der Waals surface area contributed by atoms with Crippen LogP contribution in [0, 0.1) is 5.92 Å². The average molecular weight is 270 g/mol. The Morgan fingerprint density at radius 1 is 1.15 bits per heavy atom. The highest BCUT2D eigenvalue weighted by Gasteiger charge is 2.20. The van der Waals surface area contributed by atoms with Gasteiger partial charge >= 0.3 is 0 Å². The first kappa shape index (κ1) is 14.1.